The SMILES string of the molecule is Cc1cccc([C@H](CC(=O)O)NC(=O)Nc2c(O)c3c(n(Cc4c(C)cccc4Cl)c2=O)CCC3)c1. The molecule has 1 heterocycles. The van der Waals surface area contributed by atoms with Gasteiger partial charge in [0.1, 0.15) is 5.75 Å². The Morgan fingerprint density at radius 2 is 1.89 bits per heavy atom. The highest BCUT2D eigenvalue weighted by Crippen LogP contribution is 2.34. The Morgan fingerprint density at radius 3 is 2.58 bits per heavy atom. The zero-order valence-electron chi connectivity index (χ0n) is 20.1. The van der Waals surface area contributed by atoms with Gasteiger partial charge in [0.25, 0.3) is 5.56 Å². The van der Waals surface area contributed by atoms with E-state index in [9.17, 15) is 24.6 Å². The number of aromatic nitrogens is 1. The largest absolute Gasteiger partial charge is 0.505 e. The Morgan fingerprint density at radius 1 is 1.14 bits per heavy atom. The van der Waals surface area contributed by atoms with Crippen LogP contribution in [0.4, 0.5) is 10.5 Å². The van der Waals surface area contributed by atoms with E-state index in [2.05, 4.69) is 10.6 Å². The molecule has 1 aromatic heterocycles. The Labute approximate surface area is 213 Å². The fourth-order valence-electron chi connectivity index (χ4n) is 4.72. The molecule has 0 fully saturated rings. The molecule has 0 aliphatic heterocycles. The number of halogens is 1. The summed E-state index contributed by atoms with van der Waals surface area (Å²) in [5, 5.41) is 25.9. The molecule has 3 aromatic rings. The first-order chi connectivity index (χ1) is 17.2. The predicted molar refractivity (Wildman–Crippen MR) is 138 cm³/mol. The van der Waals surface area contributed by atoms with Crippen molar-refractivity contribution in [1.82, 2.24) is 9.88 Å². The number of benzene rings is 2. The van der Waals surface area contributed by atoms with Crippen molar-refractivity contribution in [1.29, 1.82) is 0 Å². The minimum absolute atomic E-state index is 0.203. The lowest BCUT2D eigenvalue weighted by atomic mass is 10.0. The molecular weight excluding hydrogens is 482 g/mol. The van der Waals surface area contributed by atoms with Crippen molar-refractivity contribution in [3.8, 4) is 5.75 Å². The van der Waals surface area contributed by atoms with E-state index in [-0.39, 0.29) is 24.4 Å². The Bertz CT molecular complexity index is 1380. The van der Waals surface area contributed by atoms with Gasteiger partial charge in [-0.25, -0.2) is 4.79 Å². The number of amides is 2. The quantitative estimate of drug-likeness (QED) is 0.368. The van der Waals surface area contributed by atoms with Crippen LogP contribution in [-0.2, 0) is 24.2 Å². The number of hydrogen-bond acceptors (Lipinski definition) is 4. The van der Waals surface area contributed by atoms with Gasteiger partial charge in [0.15, 0.2) is 5.69 Å². The fourth-order valence-corrected chi connectivity index (χ4v) is 5.00. The van der Waals surface area contributed by atoms with Crippen LogP contribution in [0.25, 0.3) is 0 Å². The Kier molecular flexibility index (Phi) is 7.35. The highest BCUT2D eigenvalue weighted by atomic mass is 35.5. The lowest BCUT2D eigenvalue weighted by Gasteiger charge is -2.21. The second kappa shape index (κ2) is 10.5. The Hall–Kier alpha value is -3.78. The normalized spacial score (nSPS) is 13.2. The van der Waals surface area contributed by atoms with Crippen LogP contribution in [0.15, 0.2) is 47.3 Å². The first kappa shape index (κ1) is 25.3. The molecule has 0 saturated carbocycles. The summed E-state index contributed by atoms with van der Waals surface area (Å²) in [5.74, 6) is -1.33. The number of pyridine rings is 1. The monoisotopic (exact) mass is 509 g/mol. The number of carboxylic acids is 1. The van der Waals surface area contributed by atoms with Gasteiger partial charge in [0, 0.05) is 16.3 Å². The maximum atomic E-state index is 13.5. The van der Waals surface area contributed by atoms with Crippen LogP contribution in [0.5, 0.6) is 5.75 Å². The van der Waals surface area contributed by atoms with E-state index in [0.29, 0.717) is 29.0 Å². The van der Waals surface area contributed by atoms with Crippen molar-refractivity contribution in [2.45, 2.75) is 52.1 Å². The molecule has 1 atom stereocenters. The van der Waals surface area contributed by atoms with Gasteiger partial charge in [-0.3, -0.25) is 9.59 Å². The number of carbonyl (C=O) groups excluding carboxylic acids is 1. The molecule has 2 amide bonds. The summed E-state index contributed by atoms with van der Waals surface area (Å²) in [6.07, 6.45) is 1.63. The molecule has 2 aromatic carbocycles. The first-order valence-corrected chi connectivity index (χ1v) is 12.1. The van der Waals surface area contributed by atoms with Gasteiger partial charge in [-0.05, 0) is 55.9 Å². The molecule has 0 spiro atoms. The van der Waals surface area contributed by atoms with Gasteiger partial charge in [0.2, 0.25) is 0 Å². The summed E-state index contributed by atoms with van der Waals surface area (Å²) in [4.78, 5) is 37.9. The molecule has 9 heteroatoms. The zero-order valence-corrected chi connectivity index (χ0v) is 20.9. The maximum absolute atomic E-state index is 13.5. The molecule has 0 saturated heterocycles. The third-order valence-corrected chi connectivity index (χ3v) is 6.89. The summed E-state index contributed by atoms with van der Waals surface area (Å²) in [6, 6.07) is 11.1. The smallest absolute Gasteiger partial charge is 0.319 e. The van der Waals surface area contributed by atoms with Crippen molar-refractivity contribution < 1.29 is 19.8 Å². The van der Waals surface area contributed by atoms with E-state index in [4.69, 9.17) is 11.6 Å². The second-order valence-corrected chi connectivity index (χ2v) is 9.50. The molecule has 4 N–H and O–H groups in total. The number of urea groups is 1. The lowest BCUT2D eigenvalue weighted by Crippen LogP contribution is -2.37. The van der Waals surface area contributed by atoms with E-state index >= 15 is 0 Å². The molecule has 0 unspecified atom stereocenters. The van der Waals surface area contributed by atoms with Crippen molar-refractivity contribution in [3.05, 3.63) is 91.4 Å². The minimum Gasteiger partial charge on any atom is -0.505 e. The molecule has 1 aliphatic rings. The molecule has 1 aliphatic carbocycles. The number of hydrogen-bond donors (Lipinski definition) is 4. The van der Waals surface area contributed by atoms with Crippen molar-refractivity contribution >= 4 is 29.3 Å². The number of aryl methyl sites for hydroxylation is 2. The molecular formula is C27H28ClN3O5. The summed E-state index contributed by atoms with van der Waals surface area (Å²) in [7, 11) is 0. The van der Waals surface area contributed by atoms with Gasteiger partial charge >= 0.3 is 12.0 Å². The third-order valence-electron chi connectivity index (χ3n) is 6.53. The predicted octanol–water partition coefficient (Wildman–Crippen LogP) is 4.70. The molecule has 0 radical (unpaired) electrons. The number of nitrogens with zero attached hydrogens (tertiary/aromatic N) is 1. The number of fused-ring (bicyclic) bond motifs is 1. The number of anilines is 1. The minimum atomic E-state index is -1.08. The Balaban J connectivity index is 1.67. The molecule has 188 valence electrons. The van der Waals surface area contributed by atoms with Crippen LogP contribution in [-0.4, -0.2) is 26.8 Å². The van der Waals surface area contributed by atoms with Crippen molar-refractivity contribution in [2.75, 3.05) is 5.32 Å². The highest BCUT2D eigenvalue weighted by Gasteiger charge is 2.27. The number of nitrogens with one attached hydrogen (secondary N) is 2. The number of aromatic hydroxyl groups is 1. The van der Waals surface area contributed by atoms with Gasteiger partial charge in [-0.1, -0.05) is 53.6 Å². The van der Waals surface area contributed by atoms with Crippen LogP contribution in [0.2, 0.25) is 5.02 Å². The number of rotatable bonds is 7. The third kappa shape index (κ3) is 5.23. The summed E-state index contributed by atoms with van der Waals surface area (Å²) < 4.78 is 1.56. The van der Waals surface area contributed by atoms with Crippen LogP contribution in [0.3, 0.4) is 0 Å². The van der Waals surface area contributed by atoms with E-state index < -0.39 is 23.6 Å². The van der Waals surface area contributed by atoms with Gasteiger partial charge in [0.05, 0.1) is 19.0 Å². The maximum Gasteiger partial charge on any atom is 0.319 e. The highest BCUT2D eigenvalue weighted by molar-refractivity contribution is 6.31. The van der Waals surface area contributed by atoms with Gasteiger partial charge < -0.3 is 25.4 Å². The standard InChI is InChI=1S/C27H28ClN3O5/c1-15-6-3-8-17(12-15)21(13-23(32)33)29-27(36)30-24-25(34)18-9-5-11-22(18)31(26(24)35)14-19-16(2)7-4-10-20(19)28/h3-4,6-8,10,12,21,34H,5,9,11,13-14H2,1-2H3,(H,32,33)(H2,29,30,36)/t21-/m0/s1. The van der Waals surface area contributed by atoms with Crippen LogP contribution < -0.4 is 16.2 Å². The summed E-state index contributed by atoms with van der Waals surface area (Å²) in [6.45, 7) is 3.98. The molecule has 0 bridgehead atoms. The molecule has 4 rings (SSSR count). The lowest BCUT2D eigenvalue weighted by molar-refractivity contribution is -0.137. The van der Waals surface area contributed by atoms with Crippen molar-refractivity contribution in [3.63, 3.8) is 0 Å². The average molecular weight is 510 g/mol. The van der Waals surface area contributed by atoms with E-state index in [1.54, 1.807) is 28.8 Å². The summed E-state index contributed by atoms with van der Waals surface area (Å²) in [5.41, 5.74) is 3.82. The van der Waals surface area contributed by atoms with Crippen LogP contribution in [0.1, 0.15) is 52.4 Å². The molecule has 36 heavy (non-hydrogen) atoms. The first-order valence-electron chi connectivity index (χ1n) is 11.7. The van der Waals surface area contributed by atoms with E-state index in [1.807, 2.05) is 32.0 Å². The van der Waals surface area contributed by atoms with Crippen molar-refractivity contribution in [2.24, 2.45) is 0 Å². The zero-order chi connectivity index (χ0) is 26.0. The van der Waals surface area contributed by atoms with E-state index in [1.165, 1.54) is 0 Å². The number of carbonyl (C=O) groups is 2. The fraction of sp³-hybridized carbons (Fsp3) is 0.296. The van der Waals surface area contributed by atoms with Crippen LogP contribution >= 0.6 is 11.6 Å². The summed E-state index contributed by atoms with van der Waals surface area (Å²) >= 11 is 6.41. The van der Waals surface area contributed by atoms with Crippen LogP contribution in [0, 0.1) is 13.8 Å². The van der Waals surface area contributed by atoms with Gasteiger partial charge in [-0.15, -0.1) is 0 Å². The molecule has 8 nitrogen and oxygen atoms in total. The number of aliphatic carboxylic acids is 1. The average Bonchev–Trinajstić information content (AvgIpc) is 3.30. The topological polar surface area (TPSA) is 121 Å². The second-order valence-electron chi connectivity index (χ2n) is 9.09. The number of carboxylic acid groups (broad SMARTS) is 1. The van der Waals surface area contributed by atoms with Gasteiger partial charge in [-0.2, -0.15) is 0 Å². The van der Waals surface area contributed by atoms with E-state index in [0.717, 1.165) is 28.8 Å².